The Balaban J connectivity index is 1.88. The van der Waals surface area contributed by atoms with E-state index in [1.807, 2.05) is 26.0 Å². The highest BCUT2D eigenvalue weighted by molar-refractivity contribution is 6.99. The van der Waals surface area contributed by atoms with Gasteiger partial charge in [-0.05, 0) is 35.7 Å². The fourth-order valence-corrected chi connectivity index (χ4v) is 9.09. The van der Waals surface area contributed by atoms with E-state index in [-0.39, 0.29) is 11.1 Å². The summed E-state index contributed by atoms with van der Waals surface area (Å²) in [7, 11) is -2.55. The molecule has 2 aromatic rings. The minimum atomic E-state index is -2.55. The minimum absolute atomic E-state index is 0.0587. The molecule has 4 nitrogen and oxygen atoms in total. The van der Waals surface area contributed by atoms with Crippen LogP contribution in [-0.4, -0.2) is 39.2 Å². The number of aldehydes is 1. The maximum absolute atomic E-state index is 11.3. The highest BCUT2D eigenvalue weighted by Gasteiger charge is 2.50. The molecular formula is C25H34O4Si. The van der Waals surface area contributed by atoms with Gasteiger partial charge in [0.15, 0.2) is 5.79 Å². The quantitative estimate of drug-likeness (QED) is 0.495. The zero-order valence-electron chi connectivity index (χ0n) is 18.8. The molecule has 162 valence electrons. The Hall–Kier alpha value is -1.79. The SMILES string of the molecule is CC1(C)O[C@@H](CCO[Si](c2ccccc2)(c2ccccc2)C(C)(C)C)C[C@@H](C=O)O1. The Morgan fingerprint density at radius 1 is 1.00 bits per heavy atom. The van der Waals surface area contributed by atoms with Crippen molar-refractivity contribution in [2.24, 2.45) is 0 Å². The normalized spacial score (nSPS) is 21.9. The number of ether oxygens (including phenoxy) is 2. The van der Waals surface area contributed by atoms with Gasteiger partial charge in [0.1, 0.15) is 12.4 Å². The van der Waals surface area contributed by atoms with Gasteiger partial charge in [-0.25, -0.2) is 0 Å². The van der Waals surface area contributed by atoms with E-state index >= 15 is 0 Å². The molecule has 0 bridgehead atoms. The fraction of sp³-hybridized carbons (Fsp3) is 0.480. The molecule has 1 fully saturated rings. The molecule has 0 amide bonds. The largest absolute Gasteiger partial charge is 0.407 e. The van der Waals surface area contributed by atoms with Gasteiger partial charge in [-0.3, -0.25) is 0 Å². The number of rotatable bonds is 7. The molecule has 2 atom stereocenters. The van der Waals surface area contributed by atoms with E-state index in [4.69, 9.17) is 13.9 Å². The van der Waals surface area contributed by atoms with Crippen molar-refractivity contribution < 1.29 is 18.7 Å². The summed E-state index contributed by atoms with van der Waals surface area (Å²) in [5, 5.41) is 2.47. The van der Waals surface area contributed by atoms with Gasteiger partial charge in [0.2, 0.25) is 0 Å². The highest BCUT2D eigenvalue weighted by Crippen LogP contribution is 2.37. The summed E-state index contributed by atoms with van der Waals surface area (Å²) in [4.78, 5) is 11.3. The van der Waals surface area contributed by atoms with Crippen molar-refractivity contribution in [3.8, 4) is 0 Å². The van der Waals surface area contributed by atoms with Crippen LogP contribution in [0.3, 0.4) is 0 Å². The topological polar surface area (TPSA) is 44.8 Å². The van der Waals surface area contributed by atoms with Crippen molar-refractivity contribution >= 4 is 25.0 Å². The van der Waals surface area contributed by atoms with Crippen LogP contribution in [0.25, 0.3) is 0 Å². The lowest BCUT2D eigenvalue weighted by atomic mass is 10.1. The van der Waals surface area contributed by atoms with Gasteiger partial charge in [0.05, 0.1) is 6.10 Å². The smallest absolute Gasteiger partial charge is 0.261 e. The predicted octanol–water partition coefficient (Wildman–Crippen LogP) is 4.06. The van der Waals surface area contributed by atoms with E-state index in [1.54, 1.807) is 0 Å². The summed E-state index contributed by atoms with van der Waals surface area (Å²) in [6, 6.07) is 21.2. The number of carbonyl (C=O) groups excluding carboxylic acids is 1. The average molecular weight is 427 g/mol. The molecule has 30 heavy (non-hydrogen) atoms. The zero-order chi connectivity index (χ0) is 21.8. The number of hydrogen-bond acceptors (Lipinski definition) is 4. The van der Waals surface area contributed by atoms with Gasteiger partial charge in [-0.2, -0.15) is 0 Å². The summed E-state index contributed by atoms with van der Waals surface area (Å²) in [5.41, 5.74) is 0. The zero-order valence-corrected chi connectivity index (χ0v) is 19.8. The van der Waals surface area contributed by atoms with Crippen molar-refractivity contribution in [2.45, 2.75) is 70.5 Å². The van der Waals surface area contributed by atoms with Gasteiger partial charge >= 0.3 is 0 Å². The van der Waals surface area contributed by atoms with Gasteiger partial charge in [-0.1, -0.05) is 81.4 Å². The van der Waals surface area contributed by atoms with Gasteiger partial charge in [0, 0.05) is 13.0 Å². The number of hydrogen-bond donors (Lipinski definition) is 0. The second kappa shape index (κ2) is 9.14. The van der Waals surface area contributed by atoms with Crippen LogP contribution in [-0.2, 0) is 18.7 Å². The Morgan fingerprint density at radius 2 is 1.53 bits per heavy atom. The average Bonchev–Trinajstić information content (AvgIpc) is 2.70. The van der Waals surface area contributed by atoms with Crippen molar-refractivity contribution in [3.05, 3.63) is 60.7 Å². The van der Waals surface area contributed by atoms with Crippen LogP contribution in [0.5, 0.6) is 0 Å². The summed E-state index contributed by atoms with van der Waals surface area (Å²) in [6.07, 6.45) is 1.67. The van der Waals surface area contributed by atoms with Gasteiger partial charge in [-0.15, -0.1) is 0 Å². The van der Waals surface area contributed by atoms with Crippen LogP contribution in [0.1, 0.15) is 47.5 Å². The third-order valence-electron chi connectivity index (χ3n) is 5.71. The molecule has 0 saturated carbocycles. The third-order valence-corrected chi connectivity index (χ3v) is 10.8. The molecule has 3 rings (SSSR count). The van der Waals surface area contributed by atoms with E-state index in [9.17, 15) is 4.79 Å². The second-order valence-electron chi connectivity index (χ2n) is 9.47. The fourth-order valence-electron chi connectivity index (χ4n) is 4.51. The van der Waals surface area contributed by atoms with E-state index in [2.05, 4.69) is 69.3 Å². The lowest BCUT2D eigenvalue weighted by Crippen LogP contribution is -2.66. The van der Waals surface area contributed by atoms with Crippen LogP contribution in [0.4, 0.5) is 0 Å². The first kappa shape index (κ1) is 22.9. The molecule has 1 saturated heterocycles. The first-order chi connectivity index (χ1) is 14.2. The molecule has 0 radical (unpaired) electrons. The monoisotopic (exact) mass is 426 g/mol. The van der Waals surface area contributed by atoms with Gasteiger partial charge in [0.25, 0.3) is 8.32 Å². The van der Waals surface area contributed by atoms with Crippen molar-refractivity contribution in [2.75, 3.05) is 6.61 Å². The number of benzene rings is 2. The second-order valence-corrected chi connectivity index (χ2v) is 13.8. The van der Waals surface area contributed by atoms with Crippen molar-refractivity contribution in [1.29, 1.82) is 0 Å². The molecule has 5 heteroatoms. The van der Waals surface area contributed by atoms with Crippen LogP contribution in [0, 0.1) is 0 Å². The van der Waals surface area contributed by atoms with Gasteiger partial charge < -0.3 is 18.7 Å². The molecule has 1 aliphatic heterocycles. The van der Waals surface area contributed by atoms with Crippen LogP contribution in [0.15, 0.2) is 60.7 Å². The standard InChI is InChI=1S/C25H34O4Si/c1-24(2,3)30(22-12-8-6-9-13-22,23-14-10-7-11-15-23)27-17-16-20-18-21(19-26)29-25(4,5)28-20/h6-15,19-21H,16-18H2,1-5H3/t20-,21-/m0/s1. The summed E-state index contributed by atoms with van der Waals surface area (Å²) >= 11 is 0. The lowest BCUT2D eigenvalue weighted by molar-refractivity contribution is -0.292. The lowest BCUT2D eigenvalue weighted by Gasteiger charge is -2.44. The third kappa shape index (κ3) is 4.91. The maximum atomic E-state index is 11.3. The summed E-state index contributed by atoms with van der Waals surface area (Å²) in [5.74, 6) is -0.758. The minimum Gasteiger partial charge on any atom is -0.407 e. The first-order valence-electron chi connectivity index (χ1n) is 10.7. The van der Waals surface area contributed by atoms with Crippen LogP contribution < -0.4 is 10.4 Å². The molecule has 0 unspecified atom stereocenters. The van der Waals surface area contributed by atoms with Crippen molar-refractivity contribution in [3.63, 3.8) is 0 Å². The Kier molecular flexibility index (Phi) is 6.97. The molecular weight excluding hydrogens is 392 g/mol. The van der Waals surface area contributed by atoms with Crippen LogP contribution >= 0.6 is 0 Å². The Bertz CT molecular complexity index is 775. The highest BCUT2D eigenvalue weighted by atomic mass is 28.4. The van der Waals surface area contributed by atoms with Crippen molar-refractivity contribution in [1.82, 2.24) is 0 Å². The number of carbonyl (C=O) groups is 1. The Morgan fingerprint density at radius 3 is 2.00 bits per heavy atom. The maximum Gasteiger partial charge on any atom is 0.261 e. The molecule has 1 heterocycles. The molecule has 1 aliphatic rings. The molecule has 0 aliphatic carbocycles. The summed E-state index contributed by atoms with van der Waals surface area (Å²) < 4.78 is 18.7. The van der Waals surface area contributed by atoms with E-state index in [0.29, 0.717) is 13.0 Å². The molecule has 2 aromatic carbocycles. The van der Waals surface area contributed by atoms with E-state index in [0.717, 1.165) is 12.7 Å². The Labute approximate surface area is 181 Å². The molecule has 0 spiro atoms. The van der Waals surface area contributed by atoms with E-state index < -0.39 is 20.2 Å². The predicted molar refractivity (Wildman–Crippen MR) is 123 cm³/mol. The van der Waals surface area contributed by atoms with Crippen LogP contribution in [0.2, 0.25) is 5.04 Å². The molecule has 0 N–H and O–H groups in total. The molecule has 0 aromatic heterocycles. The van der Waals surface area contributed by atoms with E-state index in [1.165, 1.54) is 10.4 Å². The first-order valence-corrected chi connectivity index (χ1v) is 12.6. The summed E-state index contributed by atoms with van der Waals surface area (Å²) in [6.45, 7) is 11.1.